The number of rotatable bonds is 9. The van der Waals surface area contributed by atoms with E-state index in [2.05, 4.69) is 36.3 Å². The molecule has 2 nitrogen and oxygen atoms in total. The van der Waals surface area contributed by atoms with E-state index >= 15 is 0 Å². The van der Waals surface area contributed by atoms with Crippen molar-refractivity contribution in [1.29, 1.82) is 0 Å². The molecule has 1 aromatic rings. The molecule has 0 spiro atoms. The monoisotopic (exact) mass is 280 g/mol. The molecule has 0 radical (unpaired) electrons. The van der Waals surface area contributed by atoms with Gasteiger partial charge in [0.15, 0.2) is 0 Å². The number of hydrogen-bond donors (Lipinski definition) is 1. The molecule has 2 N–H and O–H groups in total. The molecule has 19 heavy (non-hydrogen) atoms. The molecule has 1 aliphatic rings. The third-order valence-corrected chi connectivity index (χ3v) is 5.21. The number of unbranched alkanes of at least 4 members (excludes halogenated alkanes) is 2. The average Bonchev–Trinajstić information content (AvgIpc) is 3.12. The third kappa shape index (κ3) is 4.04. The summed E-state index contributed by atoms with van der Waals surface area (Å²) in [6.45, 7) is 6.50. The lowest BCUT2D eigenvalue weighted by atomic mass is 9.91. The van der Waals surface area contributed by atoms with Crippen LogP contribution in [0, 0.1) is 0 Å². The summed E-state index contributed by atoms with van der Waals surface area (Å²) in [5.41, 5.74) is 6.33. The van der Waals surface area contributed by atoms with Gasteiger partial charge in [-0.3, -0.25) is 4.90 Å². The molecule has 1 aromatic heterocycles. The van der Waals surface area contributed by atoms with Gasteiger partial charge in [0.05, 0.1) is 0 Å². The van der Waals surface area contributed by atoms with Crippen LogP contribution in [0.3, 0.4) is 0 Å². The Morgan fingerprint density at radius 1 is 1.42 bits per heavy atom. The summed E-state index contributed by atoms with van der Waals surface area (Å²) >= 11 is 1.87. The van der Waals surface area contributed by atoms with Crippen LogP contribution in [-0.4, -0.2) is 23.0 Å². The number of nitrogens with zero attached hydrogens (tertiary/aromatic N) is 1. The lowest BCUT2D eigenvalue weighted by Gasteiger charge is -2.41. The molecule has 0 saturated heterocycles. The molecule has 0 aromatic carbocycles. The van der Waals surface area contributed by atoms with Crippen molar-refractivity contribution in [2.45, 2.75) is 70.5 Å². The highest BCUT2D eigenvalue weighted by Gasteiger charge is 2.40. The van der Waals surface area contributed by atoms with Gasteiger partial charge in [-0.1, -0.05) is 32.3 Å². The van der Waals surface area contributed by atoms with Gasteiger partial charge in [0.1, 0.15) is 0 Å². The Labute approximate surface area is 122 Å². The van der Waals surface area contributed by atoms with Crippen molar-refractivity contribution in [3.63, 3.8) is 0 Å². The summed E-state index contributed by atoms with van der Waals surface area (Å²) in [6, 6.07) is 5.18. The molecule has 1 fully saturated rings. The third-order valence-electron chi connectivity index (χ3n) is 4.35. The molecular weight excluding hydrogens is 252 g/mol. The van der Waals surface area contributed by atoms with Gasteiger partial charge in [-0.05, 0) is 37.6 Å². The molecule has 0 amide bonds. The van der Waals surface area contributed by atoms with E-state index < -0.39 is 0 Å². The standard InChI is InChI=1S/C16H28N2S/c1-3-4-5-10-16(2,13-17)18(14-8-9-14)12-15-7-6-11-19-15/h6-7,11,14H,3-5,8-10,12-13,17H2,1-2H3. The number of hydrogen-bond acceptors (Lipinski definition) is 3. The lowest BCUT2D eigenvalue weighted by molar-refractivity contribution is 0.0821. The van der Waals surface area contributed by atoms with Gasteiger partial charge in [-0.2, -0.15) is 0 Å². The fourth-order valence-corrected chi connectivity index (χ4v) is 3.54. The van der Waals surface area contributed by atoms with E-state index in [1.165, 1.54) is 43.4 Å². The molecule has 1 heterocycles. The molecule has 108 valence electrons. The first-order valence-corrected chi connectivity index (χ1v) is 8.57. The molecule has 1 saturated carbocycles. The van der Waals surface area contributed by atoms with E-state index in [0.717, 1.165) is 19.1 Å². The predicted octanol–water partition coefficient (Wildman–Crippen LogP) is 4.01. The van der Waals surface area contributed by atoms with Crippen molar-refractivity contribution in [2.75, 3.05) is 6.54 Å². The molecule has 1 atom stereocenters. The first kappa shape index (κ1) is 15.0. The Morgan fingerprint density at radius 3 is 2.74 bits per heavy atom. The van der Waals surface area contributed by atoms with E-state index in [1.54, 1.807) is 0 Å². The Bertz CT molecular complexity index is 359. The molecule has 3 heteroatoms. The SMILES string of the molecule is CCCCCC(C)(CN)N(Cc1cccs1)C1CC1. The fraction of sp³-hybridized carbons (Fsp3) is 0.750. The quantitative estimate of drug-likeness (QED) is 0.693. The molecule has 0 aliphatic heterocycles. The molecular formula is C16H28N2S. The number of nitrogens with two attached hydrogens (primary N) is 1. The largest absolute Gasteiger partial charge is 0.329 e. The van der Waals surface area contributed by atoms with Crippen LogP contribution in [0.1, 0.15) is 57.2 Å². The maximum Gasteiger partial charge on any atom is 0.0336 e. The van der Waals surface area contributed by atoms with E-state index in [4.69, 9.17) is 5.73 Å². The lowest BCUT2D eigenvalue weighted by Crippen LogP contribution is -2.52. The van der Waals surface area contributed by atoms with Crippen molar-refractivity contribution >= 4 is 11.3 Å². The van der Waals surface area contributed by atoms with Gasteiger partial charge in [0.2, 0.25) is 0 Å². The summed E-state index contributed by atoms with van der Waals surface area (Å²) in [5.74, 6) is 0. The summed E-state index contributed by atoms with van der Waals surface area (Å²) in [4.78, 5) is 4.16. The van der Waals surface area contributed by atoms with Gasteiger partial charge in [0.25, 0.3) is 0 Å². The first-order chi connectivity index (χ1) is 9.19. The second-order valence-corrected chi connectivity index (χ2v) is 7.13. The van der Waals surface area contributed by atoms with Crippen LogP contribution in [0.15, 0.2) is 17.5 Å². The van der Waals surface area contributed by atoms with Crippen LogP contribution in [0.2, 0.25) is 0 Å². The van der Waals surface area contributed by atoms with Crippen LogP contribution < -0.4 is 5.73 Å². The summed E-state index contributed by atoms with van der Waals surface area (Å²) in [5, 5.41) is 2.18. The highest BCUT2D eigenvalue weighted by Crippen LogP contribution is 2.37. The van der Waals surface area contributed by atoms with Gasteiger partial charge < -0.3 is 5.73 Å². The van der Waals surface area contributed by atoms with Crippen molar-refractivity contribution in [1.82, 2.24) is 4.90 Å². The normalized spacial score (nSPS) is 18.7. The van der Waals surface area contributed by atoms with Gasteiger partial charge >= 0.3 is 0 Å². The minimum atomic E-state index is 0.181. The first-order valence-electron chi connectivity index (χ1n) is 7.69. The van der Waals surface area contributed by atoms with Gasteiger partial charge in [0, 0.05) is 29.5 Å². The second kappa shape index (κ2) is 6.87. The maximum atomic E-state index is 6.15. The molecule has 2 rings (SSSR count). The van der Waals surface area contributed by atoms with Crippen LogP contribution in [0.25, 0.3) is 0 Å². The second-order valence-electron chi connectivity index (χ2n) is 6.10. The summed E-state index contributed by atoms with van der Waals surface area (Å²) < 4.78 is 0. The molecule has 1 aliphatic carbocycles. The molecule has 0 bridgehead atoms. The summed E-state index contributed by atoms with van der Waals surface area (Å²) in [6.07, 6.45) is 7.86. The topological polar surface area (TPSA) is 29.3 Å². The van der Waals surface area contributed by atoms with Gasteiger partial charge in [-0.15, -0.1) is 11.3 Å². The Hall–Kier alpha value is -0.380. The fourth-order valence-electron chi connectivity index (χ4n) is 2.84. The average molecular weight is 280 g/mol. The van der Waals surface area contributed by atoms with Gasteiger partial charge in [-0.25, -0.2) is 0 Å². The predicted molar refractivity (Wildman–Crippen MR) is 84.5 cm³/mol. The highest BCUT2D eigenvalue weighted by molar-refractivity contribution is 7.09. The molecule has 1 unspecified atom stereocenters. The Kier molecular flexibility index (Phi) is 5.43. The minimum Gasteiger partial charge on any atom is -0.329 e. The zero-order chi connectivity index (χ0) is 13.7. The maximum absolute atomic E-state index is 6.15. The van der Waals surface area contributed by atoms with E-state index in [1.807, 2.05) is 11.3 Å². The van der Waals surface area contributed by atoms with E-state index in [9.17, 15) is 0 Å². The van der Waals surface area contributed by atoms with Crippen molar-refractivity contribution in [3.05, 3.63) is 22.4 Å². The van der Waals surface area contributed by atoms with Crippen molar-refractivity contribution in [3.8, 4) is 0 Å². The van der Waals surface area contributed by atoms with Crippen molar-refractivity contribution in [2.24, 2.45) is 5.73 Å². The van der Waals surface area contributed by atoms with Crippen LogP contribution in [0.5, 0.6) is 0 Å². The highest BCUT2D eigenvalue weighted by atomic mass is 32.1. The zero-order valence-electron chi connectivity index (χ0n) is 12.4. The Morgan fingerprint density at radius 2 is 2.21 bits per heavy atom. The van der Waals surface area contributed by atoms with Crippen LogP contribution >= 0.6 is 11.3 Å². The van der Waals surface area contributed by atoms with Crippen LogP contribution in [0.4, 0.5) is 0 Å². The Balaban J connectivity index is 2.02. The summed E-state index contributed by atoms with van der Waals surface area (Å²) in [7, 11) is 0. The number of thiophene rings is 1. The zero-order valence-corrected chi connectivity index (χ0v) is 13.2. The van der Waals surface area contributed by atoms with E-state index in [-0.39, 0.29) is 5.54 Å². The smallest absolute Gasteiger partial charge is 0.0336 e. The van der Waals surface area contributed by atoms with E-state index in [0.29, 0.717) is 0 Å². The van der Waals surface area contributed by atoms with Crippen LogP contribution in [-0.2, 0) is 6.54 Å². The minimum absolute atomic E-state index is 0.181. The van der Waals surface area contributed by atoms with Crippen molar-refractivity contribution < 1.29 is 0 Å².